The summed E-state index contributed by atoms with van der Waals surface area (Å²) in [5.41, 5.74) is 4.37. The number of esters is 1. The van der Waals surface area contributed by atoms with Crippen LogP contribution in [0.3, 0.4) is 0 Å². The Balaban J connectivity index is 1.89. The van der Waals surface area contributed by atoms with Crippen LogP contribution in [0.2, 0.25) is 0 Å². The number of aliphatic hydroxyl groups is 1. The summed E-state index contributed by atoms with van der Waals surface area (Å²) in [6, 6.07) is 26.1. The molecule has 0 heterocycles. The number of carbonyl (C=O) groups is 1. The third kappa shape index (κ3) is 5.56. The molecule has 3 rings (SSSR count). The fraction of sp³-hybridized carbons (Fsp3) is 0.160. The summed E-state index contributed by atoms with van der Waals surface area (Å²) >= 11 is 0. The van der Waals surface area contributed by atoms with Gasteiger partial charge < -0.3 is 14.6 Å². The van der Waals surface area contributed by atoms with Crippen LogP contribution in [-0.4, -0.2) is 24.5 Å². The molecule has 0 radical (unpaired) electrons. The average Bonchev–Trinajstić information content (AvgIpc) is 2.76. The van der Waals surface area contributed by atoms with Gasteiger partial charge in [0.25, 0.3) is 0 Å². The van der Waals surface area contributed by atoms with Gasteiger partial charge in [-0.3, -0.25) is 0 Å². The predicted octanol–water partition coefficient (Wildman–Crippen LogP) is 4.77. The van der Waals surface area contributed by atoms with Gasteiger partial charge in [-0.15, -0.1) is 0 Å². The maximum Gasteiger partial charge on any atom is 0.330 e. The quantitative estimate of drug-likeness (QED) is 0.261. The second-order valence-corrected chi connectivity index (χ2v) is 6.44. The fourth-order valence-electron chi connectivity index (χ4n) is 3.21. The summed E-state index contributed by atoms with van der Waals surface area (Å²) in [6.45, 7) is 1.80. The van der Waals surface area contributed by atoms with E-state index in [9.17, 15) is 4.79 Å². The maximum absolute atomic E-state index is 11.5. The third-order valence-electron chi connectivity index (χ3n) is 4.55. The highest BCUT2D eigenvalue weighted by molar-refractivity contribution is 5.87. The molecule has 4 heteroatoms. The van der Waals surface area contributed by atoms with Crippen LogP contribution in [0.5, 0.6) is 5.75 Å². The van der Waals surface area contributed by atoms with Crippen LogP contribution in [0.25, 0.3) is 6.08 Å². The smallest absolute Gasteiger partial charge is 0.330 e. The Bertz CT molecular complexity index is 929. The maximum atomic E-state index is 11.5. The molecule has 148 valence electrons. The lowest BCUT2D eigenvalue weighted by molar-refractivity contribution is -0.137. The van der Waals surface area contributed by atoms with Crippen molar-refractivity contribution in [3.8, 4) is 5.75 Å². The zero-order valence-electron chi connectivity index (χ0n) is 16.3. The van der Waals surface area contributed by atoms with Crippen molar-refractivity contribution in [3.63, 3.8) is 0 Å². The SMILES string of the molecule is CCOC(=O)C=Cc1ccc(C(c2ccccc2)c2ccc(OCO)cc2)cc1. The van der Waals surface area contributed by atoms with Gasteiger partial charge in [0.2, 0.25) is 0 Å². The van der Waals surface area contributed by atoms with Crippen molar-refractivity contribution in [3.05, 3.63) is 107 Å². The van der Waals surface area contributed by atoms with Crippen LogP contribution < -0.4 is 4.74 Å². The highest BCUT2D eigenvalue weighted by Crippen LogP contribution is 2.33. The first-order chi connectivity index (χ1) is 14.2. The van der Waals surface area contributed by atoms with Gasteiger partial charge in [0.05, 0.1) is 6.61 Å². The molecule has 0 aromatic heterocycles. The molecule has 0 amide bonds. The molecule has 1 unspecified atom stereocenters. The second-order valence-electron chi connectivity index (χ2n) is 6.44. The first-order valence-corrected chi connectivity index (χ1v) is 9.54. The Hall–Kier alpha value is -3.37. The van der Waals surface area contributed by atoms with E-state index in [1.54, 1.807) is 13.0 Å². The zero-order chi connectivity index (χ0) is 20.5. The minimum absolute atomic E-state index is 0.0578. The molecule has 3 aromatic carbocycles. The van der Waals surface area contributed by atoms with E-state index in [0.29, 0.717) is 12.4 Å². The van der Waals surface area contributed by atoms with E-state index in [0.717, 1.165) is 16.7 Å². The van der Waals surface area contributed by atoms with Gasteiger partial charge in [0.1, 0.15) is 5.75 Å². The standard InChI is InChI=1S/C25H24O4/c1-2-28-24(27)17-10-19-8-11-21(12-9-19)25(20-6-4-3-5-7-20)22-13-15-23(16-14-22)29-18-26/h3-17,25-26H,2,18H2,1H3. The van der Waals surface area contributed by atoms with Gasteiger partial charge in [-0.2, -0.15) is 0 Å². The molecule has 0 spiro atoms. The summed E-state index contributed by atoms with van der Waals surface area (Å²) in [4.78, 5) is 11.5. The van der Waals surface area contributed by atoms with E-state index in [4.69, 9.17) is 14.6 Å². The number of benzene rings is 3. The number of hydrogen-bond donors (Lipinski definition) is 1. The minimum atomic E-state index is -0.345. The Morgan fingerprint density at radius 1 is 0.897 bits per heavy atom. The summed E-state index contributed by atoms with van der Waals surface area (Å²) < 4.78 is 10.1. The van der Waals surface area contributed by atoms with Gasteiger partial charge >= 0.3 is 5.97 Å². The Morgan fingerprint density at radius 3 is 2.07 bits per heavy atom. The Morgan fingerprint density at radius 2 is 1.48 bits per heavy atom. The fourth-order valence-corrected chi connectivity index (χ4v) is 3.21. The van der Waals surface area contributed by atoms with E-state index < -0.39 is 0 Å². The van der Waals surface area contributed by atoms with Crippen LogP contribution in [0, 0.1) is 0 Å². The van der Waals surface area contributed by atoms with Crippen molar-refractivity contribution in [1.29, 1.82) is 0 Å². The zero-order valence-corrected chi connectivity index (χ0v) is 16.3. The topological polar surface area (TPSA) is 55.8 Å². The highest BCUT2D eigenvalue weighted by atomic mass is 16.6. The van der Waals surface area contributed by atoms with Crippen molar-refractivity contribution in [1.82, 2.24) is 0 Å². The first kappa shape index (κ1) is 20.4. The molecule has 1 N–H and O–H groups in total. The van der Waals surface area contributed by atoms with Gasteiger partial charge in [0, 0.05) is 12.0 Å². The summed E-state index contributed by atoms with van der Waals surface area (Å²) in [6.07, 6.45) is 3.19. The van der Waals surface area contributed by atoms with E-state index in [1.807, 2.05) is 54.6 Å². The van der Waals surface area contributed by atoms with E-state index in [1.165, 1.54) is 11.6 Å². The number of aliphatic hydroxyl groups excluding tert-OH is 1. The second kappa shape index (κ2) is 10.2. The molecule has 3 aromatic rings. The lowest BCUT2D eigenvalue weighted by Gasteiger charge is -2.19. The van der Waals surface area contributed by atoms with Crippen molar-refractivity contribution >= 4 is 12.0 Å². The van der Waals surface area contributed by atoms with Crippen LogP contribution >= 0.6 is 0 Å². The monoisotopic (exact) mass is 388 g/mol. The Kier molecular flexibility index (Phi) is 7.20. The molecule has 29 heavy (non-hydrogen) atoms. The van der Waals surface area contributed by atoms with Crippen molar-refractivity contribution < 1.29 is 19.4 Å². The highest BCUT2D eigenvalue weighted by Gasteiger charge is 2.16. The predicted molar refractivity (Wildman–Crippen MR) is 114 cm³/mol. The molecule has 0 saturated carbocycles. The van der Waals surface area contributed by atoms with Gasteiger partial charge in [0.15, 0.2) is 6.79 Å². The van der Waals surface area contributed by atoms with Crippen LogP contribution in [-0.2, 0) is 9.53 Å². The molecule has 0 fully saturated rings. The largest absolute Gasteiger partial charge is 0.468 e. The molecular weight excluding hydrogens is 364 g/mol. The number of rotatable bonds is 8. The van der Waals surface area contributed by atoms with Gasteiger partial charge in [-0.1, -0.05) is 66.7 Å². The van der Waals surface area contributed by atoms with Crippen molar-refractivity contribution in [2.45, 2.75) is 12.8 Å². The molecular formula is C25H24O4. The molecule has 0 aliphatic heterocycles. The number of carbonyl (C=O) groups excluding carboxylic acids is 1. The molecule has 4 nitrogen and oxygen atoms in total. The van der Waals surface area contributed by atoms with E-state index in [-0.39, 0.29) is 18.7 Å². The molecule has 0 aliphatic rings. The normalized spacial score (nSPS) is 11.9. The Labute approximate surface area is 171 Å². The number of ether oxygens (including phenoxy) is 2. The lowest BCUT2D eigenvalue weighted by Crippen LogP contribution is -2.04. The van der Waals surface area contributed by atoms with Gasteiger partial charge in [-0.25, -0.2) is 4.79 Å². The minimum Gasteiger partial charge on any atom is -0.468 e. The molecule has 0 saturated heterocycles. The molecule has 1 atom stereocenters. The number of hydrogen-bond acceptors (Lipinski definition) is 4. The van der Waals surface area contributed by atoms with E-state index >= 15 is 0 Å². The van der Waals surface area contributed by atoms with Crippen molar-refractivity contribution in [2.24, 2.45) is 0 Å². The van der Waals surface area contributed by atoms with Crippen molar-refractivity contribution in [2.75, 3.05) is 13.4 Å². The van der Waals surface area contributed by atoms with E-state index in [2.05, 4.69) is 24.3 Å². The molecule has 0 aliphatic carbocycles. The summed E-state index contributed by atoms with van der Waals surface area (Å²) in [5.74, 6) is 0.342. The lowest BCUT2D eigenvalue weighted by atomic mass is 9.85. The van der Waals surface area contributed by atoms with Crippen LogP contribution in [0.1, 0.15) is 35.1 Å². The van der Waals surface area contributed by atoms with Gasteiger partial charge in [-0.05, 0) is 47.4 Å². The summed E-state index contributed by atoms with van der Waals surface area (Å²) in [5, 5.41) is 8.93. The van der Waals surface area contributed by atoms with Crippen LogP contribution in [0.15, 0.2) is 84.9 Å². The first-order valence-electron chi connectivity index (χ1n) is 9.54. The average molecular weight is 388 g/mol. The third-order valence-corrected chi connectivity index (χ3v) is 4.55. The van der Waals surface area contributed by atoms with Crippen LogP contribution in [0.4, 0.5) is 0 Å². The summed E-state index contributed by atoms with van der Waals surface area (Å²) in [7, 11) is 0. The molecule has 0 bridgehead atoms.